The van der Waals surface area contributed by atoms with E-state index in [1.165, 1.54) is 14.2 Å². The smallest absolute Gasteiger partial charge is 0.329 e. The first-order valence-corrected chi connectivity index (χ1v) is 20.4. The van der Waals surface area contributed by atoms with Gasteiger partial charge in [-0.3, -0.25) is 14.4 Å². The number of carbonyl (C=O) groups excluding carboxylic acids is 4. The molecule has 1 unspecified atom stereocenters. The molecule has 1 amide bonds. The van der Waals surface area contributed by atoms with Crippen LogP contribution in [-0.4, -0.2) is 124 Å². The van der Waals surface area contributed by atoms with Crippen LogP contribution in [0.1, 0.15) is 112 Å². The quantitative estimate of drug-likeness (QED) is 0.180. The molecule has 4 aliphatic rings. The Balaban J connectivity index is 1.76. The van der Waals surface area contributed by atoms with Crippen molar-refractivity contribution in [2.45, 2.75) is 167 Å². The molecule has 4 rings (SSSR count). The number of hydrogen-bond donors (Lipinski definition) is 4. The Hall–Kier alpha value is -2.52. The third kappa shape index (κ3) is 10.7. The molecular formula is C42H67NO12. The highest BCUT2D eigenvalue weighted by Gasteiger charge is 2.56. The lowest BCUT2D eigenvalue weighted by Gasteiger charge is -2.47. The summed E-state index contributed by atoms with van der Waals surface area (Å²) in [6, 6.07) is -1.15. The molecule has 3 fully saturated rings. The Labute approximate surface area is 326 Å². The van der Waals surface area contributed by atoms with Gasteiger partial charge in [0.2, 0.25) is 5.79 Å². The van der Waals surface area contributed by atoms with Gasteiger partial charge in [-0.2, -0.15) is 0 Å². The number of carbonyl (C=O) groups is 4. The van der Waals surface area contributed by atoms with Crippen LogP contribution in [0.25, 0.3) is 0 Å². The number of fused-ring (bicyclic) bond motifs is 3. The van der Waals surface area contributed by atoms with E-state index in [-0.39, 0.29) is 43.4 Å². The topological polar surface area (TPSA) is 189 Å². The van der Waals surface area contributed by atoms with Crippen molar-refractivity contribution in [1.29, 1.82) is 0 Å². The van der Waals surface area contributed by atoms with Gasteiger partial charge in [-0.05, 0) is 95.5 Å². The Bertz CT molecular complexity index is 1410. The zero-order chi connectivity index (χ0) is 40.8. The monoisotopic (exact) mass is 777 g/mol. The van der Waals surface area contributed by atoms with Crippen molar-refractivity contribution in [2.75, 3.05) is 20.8 Å². The van der Waals surface area contributed by atoms with Crippen molar-refractivity contribution in [1.82, 2.24) is 4.90 Å². The number of rotatable bonds is 5. The fraction of sp³-hybridized carbons (Fsp3) is 0.810. The van der Waals surface area contributed by atoms with Gasteiger partial charge < -0.3 is 44.3 Å². The molecule has 2 bridgehead atoms. The Morgan fingerprint density at radius 1 is 0.927 bits per heavy atom. The fourth-order valence-electron chi connectivity index (χ4n) is 9.16. The summed E-state index contributed by atoms with van der Waals surface area (Å²) in [7, 11) is 3.05. The number of ketones is 2. The van der Waals surface area contributed by atoms with Gasteiger partial charge in [0.25, 0.3) is 11.7 Å². The lowest BCUT2D eigenvalue weighted by molar-refractivity contribution is -0.302. The molecule has 312 valence electrons. The summed E-state index contributed by atoms with van der Waals surface area (Å²) < 4.78 is 24.1. The standard InChI is InChI=1S/C42H67NO12/c1-9-29-17-23(2)16-24(3)18-35(52-7)38-36(53-8)20-26(5)42(51,55-38)39(48)40(49)43-15-11-10-12-30(43)41(50)54-37(27(6)32(45)22-33(29)46)25(4)19-28-13-14-31(44)34(47)21-28/h17,19,24,26-32,34-38,44-45,47,51H,9-16,18,20-22H2,1-8H3/b23-17+,25-19+/t24-,26+,27+,28?,29+,30-,31+,32+,34+,35-,36-,37+,38+,42+/m0/s1. The Kier molecular flexibility index (Phi) is 16.2. The third-order valence-corrected chi connectivity index (χ3v) is 12.6. The highest BCUT2D eigenvalue weighted by Crippen LogP contribution is 2.39. The van der Waals surface area contributed by atoms with Crippen molar-refractivity contribution < 1.29 is 58.6 Å². The van der Waals surface area contributed by atoms with Gasteiger partial charge in [-0.1, -0.05) is 45.4 Å². The van der Waals surface area contributed by atoms with Crippen LogP contribution in [0, 0.1) is 29.6 Å². The molecule has 0 aromatic rings. The van der Waals surface area contributed by atoms with Crippen LogP contribution in [0.5, 0.6) is 0 Å². The highest BCUT2D eigenvalue weighted by atomic mass is 16.7. The van der Waals surface area contributed by atoms with E-state index in [4.69, 9.17) is 18.9 Å². The zero-order valence-electron chi connectivity index (χ0n) is 34.1. The molecule has 13 nitrogen and oxygen atoms in total. The van der Waals surface area contributed by atoms with Crippen LogP contribution >= 0.6 is 0 Å². The summed E-state index contributed by atoms with van der Waals surface area (Å²) in [5.74, 6) is -7.77. The van der Waals surface area contributed by atoms with Gasteiger partial charge in [0, 0.05) is 44.9 Å². The van der Waals surface area contributed by atoms with Crippen molar-refractivity contribution >= 4 is 23.4 Å². The van der Waals surface area contributed by atoms with Gasteiger partial charge in [0.15, 0.2) is 0 Å². The van der Waals surface area contributed by atoms with Crippen LogP contribution in [0.3, 0.4) is 0 Å². The minimum atomic E-state index is -2.51. The molecular weight excluding hydrogens is 710 g/mol. The molecule has 3 aliphatic heterocycles. The van der Waals surface area contributed by atoms with Crippen LogP contribution in [-0.2, 0) is 38.1 Å². The summed E-state index contributed by atoms with van der Waals surface area (Å²) in [5.41, 5.74) is 1.59. The van der Waals surface area contributed by atoms with E-state index in [0.29, 0.717) is 56.9 Å². The molecule has 3 heterocycles. The summed E-state index contributed by atoms with van der Waals surface area (Å²) in [5, 5.41) is 44.0. The molecule has 1 aliphatic carbocycles. The lowest BCUT2D eigenvalue weighted by Crippen LogP contribution is -2.64. The second-order valence-corrected chi connectivity index (χ2v) is 16.9. The average Bonchev–Trinajstić information content (AvgIpc) is 3.15. The Morgan fingerprint density at radius 3 is 2.24 bits per heavy atom. The van der Waals surface area contributed by atoms with E-state index in [1.54, 1.807) is 20.8 Å². The maximum absolute atomic E-state index is 14.2. The largest absolute Gasteiger partial charge is 0.456 e. The third-order valence-electron chi connectivity index (χ3n) is 12.6. The van der Waals surface area contributed by atoms with E-state index in [0.717, 1.165) is 10.5 Å². The number of amides is 1. The maximum atomic E-state index is 14.2. The van der Waals surface area contributed by atoms with Gasteiger partial charge >= 0.3 is 5.97 Å². The molecule has 0 spiro atoms. The first-order chi connectivity index (χ1) is 25.9. The predicted octanol–water partition coefficient (Wildman–Crippen LogP) is 3.82. The van der Waals surface area contributed by atoms with E-state index >= 15 is 0 Å². The highest BCUT2D eigenvalue weighted by molar-refractivity contribution is 6.39. The van der Waals surface area contributed by atoms with Crippen LogP contribution in [0.4, 0.5) is 0 Å². The normalized spacial score (nSPS) is 42.1. The molecule has 55 heavy (non-hydrogen) atoms. The molecule has 0 aromatic carbocycles. The minimum Gasteiger partial charge on any atom is -0.456 e. The number of Topliss-reactive ketones (excluding diaryl/α,β-unsaturated/α-hetero) is 2. The molecule has 1 saturated carbocycles. The number of nitrogens with zero attached hydrogens (tertiary/aromatic N) is 1. The summed E-state index contributed by atoms with van der Waals surface area (Å²) >= 11 is 0. The van der Waals surface area contributed by atoms with E-state index < -0.39 is 90.0 Å². The van der Waals surface area contributed by atoms with Crippen molar-refractivity contribution in [3.63, 3.8) is 0 Å². The average molecular weight is 778 g/mol. The van der Waals surface area contributed by atoms with Crippen LogP contribution < -0.4 is 0 Å². The SMILES string of the molecule is CC[C@@H]1/C=C(\C)C[C@H](C)C[C@H](OC)[C@H]2O[C@@](O)(C(=O)C(=O)N3CCCC[C@H]3C(=O)O[C@H](/C(C)=C/C3CC[C@@H](O)[C@H](O)C3)[C@H](C)[C@H](O)CC1=O)[C@H](C)C[C@@H]2OC. The van der Waals surface area contributed by atoms with Crippen LogP contribution in [0.2, 0.25) is 0 Å². The van der Waals surface area contributed by atoms with Gasteiger partial charge in [-0.15, -0.1) is 0 Å². The number of methoxy groups -OCH3 is 2. The molecule has 14 atom stereocenters. The van der Waals surface area contributed by atoms with Gasteiger partial charge in [0.05, 0.1) is 30.5 Å². The molecule has 2 saturated heterocycles. The molecule has 0 aromatic heterocycles. The van der Waals surface area contributed by atoms with Crippen molar-refractivity contribution in [3.05, 3.63) is 23.3 Å². The van der Waals surface area contributed by atoms with E-state index in [1.807, 2.05) is 32.9 Å². The number of aliphatic hydroxyl groups excluding tert-OH is 3. The minimum absolute atomic E-state index is 0.0285. The summed E-state index contributed by atoms with van der Waals surface area (Å²) in [6.45, 7) is 11.1. The number of allylic oxidation sites excluding steroid dienone is 3. The second kappa shape index (κ2) is 19.8. The van der Waals surface area contributed by atoms with Gasteiger partial charge in [-0.25, -0.2) is 4.79 Å². The number of ether oxygens (including phenoxy) is 4. The number of hydrogen-bond acceptors (Lipinski definition) is 12. The number of piperidine rings is 1. The number of esters is 1. The van der Waals surface area contributed by atoms with Crippen molar-refractivity contribution in [3.8, 4) is 0 Å². The van der Waals surface area contributed by atoms with Crippen LogP contribution in [0.15, 0.2) is 23.3 Å². The summed E-state index contributed by atoms with van der Waals surface area (Å²) in [6.07, 6.45) is 2.16. The zero-order valence-corrected chi connectivity index (χ0v) is 34.1. The van der Waals surface area contributed by atoms with Crippen molar-refractivity contribution in [2.24, 2.45) is 29.6 Å². The Morgan fingerprint density at radius 2 is 1.60 bits per heavy atom. The molecule has 4 N–H and O–H groups in total. The van der Waals surface area contributed by atoms with E-state index in [2.05, 4.69) is 0 Å². The maximum Gasteiger partial charge on any atom is 0.329 e. The number of aliphatic hydroxyl groups is 4. The predicted molar refractivity (Wildman–Crippen MR) is 203 cm³/mol. The number of cyclic esters (lactones) is 1. The van der Waals surface area contributed by atoms with Gasteiger partial charge in [0.1, 0.15) is 24.0 Å². The first kappa shape index (κ1) is 45.2. The summed E-state index contributed by atoms with van der Waals surface area (Å²) in [4.78, 5) is 57.4. The molecule has 0 radical (unpaired) electrons. The first-order valence-electron chi connectivity index (χ1n) is 20.4. The van der Waals surface area contributed by atoms with E-state index in [9.17, 15) is 39.6 Å². The lowest BCUT2D eigenvalue weighted by atomic mass is 9.81. The second-order valence-electron chi connectivity index (χ2n) is 16.9. The molecule has 13 heteroatoms. The fourth-order valence-corrected chi connectivity index (χ4v) is 9.16.